The Morgan fingerprint density at radius 2 is 1.94 bits per heavy atom. The lowest BCUT2D eigenvalue weighted by Crippen LogP contribution is -2.33. The van der Waals surface area contributed by atoms with Crippen LogP contribution in [0.2, 0.25) is 0 Å². The summed E-state index contributed by atoms with van der Waals surface area (Å²) in [5, 5.41) is 5.92. The maximum Gasteiger partial charge on any atom is 0.221 e. The first-order valence-electron chi connectivity index (χ1n) is 6.46. The van der Waals surface area contributed by atoms with Crippen molar-refractivity contribution in [2.45, 2.75) is 32.1 Å². The van der Waals surface area contributed by atoms with Crippen LogP contribution in [-0.4, -0.2) is 50.6 Å². The van der Waals surface area contributed by atoms with Gasteiger partial charge in [0, 0.05) is 19.5 Å². The zero-order valence-corrected chi connectivity index (χ0v) is 10.4. The third-order valence-electron chi connectivity index (χ3n) is 3.02. The van der Waals surface area contributed by atoms with Gasteiger partial charge in [0.15, 0.2) is 0 Å². The van der Waals surface area contributed by atoms with E-state index in [-0.39, 0.29) is 5.91 Å². The Bertz CT molecular complexity index is 191. The lowest BCUT2D eigenvalue weighted by atomic mass is 10.1. The third-order valence-corrected chi connectivity index (χ3v) is 3.02. The Labute approximate surface area is 98.8 Å². The third kappa shape index (κ3) is 6.08. The van der Waals surface area contributed by atoms with Gasteiger partial charge in [0.05, 0.1) is 0 Å². The molecule has 0 radical (unpaired) electrons. The Hall–Kier alpha value is -0.610. The van der Waals surface area contributed by atoms with Crippen molar-refractivity contribution in [3.63, 3.8) is 0 Å². The molecule has 0 unspecified atom stereocenters. The zero-order valence-electron chi connectivity index (χ0n) is 10.4. The number of hydrogen-bond acceptors (Lipinski definition) is 3. The molecule has 4 nitrogen and oxygen atoms in total. The van der Waals surface area contributed by atoms with Crippen LogP contribution in [0.3, 0.4) is 0 Å². The van der Waals surface area contributed by atoms with Gasteiger partial charge in [-0.1, -0.05) is 6.42 Å². The second kappa shape index (κ2) is 8.53. The largest absolute Gasteiger partial charge is 0.356 e. The molecule has 1 amide bonds. The van der Waals surface area contributed by atoms with E-state index in [9.17, 15) is 4.79 Å². The van der Waals surface area contributed by atoms with Crippen molar-refractivity contribution in [2.75, 3.05) is 39.8 Å². The molecule has 16 heavy (non-hydrogen) atoms. The quantitative estimate of drug-likeness (QED) is 0.626. The first kappa shape index (κ1) is 13.5. The minimum absolute atomic E-state index is 0.160. The fourth-order valence-corrected chi connectivity index (χ4v) is 2.04. The molecule has 1 fully saturated rings. The van der Waals surface area contributed by atoms with Crippen LogP contribution in [0.25, 0.3) is 0 Å². The van der Waals surface area contributed by atoms with Gasteiger partial charge in [0.1, 0.15) is 0 Å². The van der Waals surface area contributed by atoms with Gasteiger partial charge in [-0.05, 0) is 45.9 Å². The molecule has 0 aromatic heterocycles. The molecule has 1 aliphatic heterocycles. The number of rotatable bonds is 7. The van der Waals surface area contributed by atoms with E-state index in [1.54, 1.807) is 0 Å². The second-order valence-electron chi connectivity index (χ2n) is 4.46. The standard InChI is InChI=1S/C12H25N3O/c1-13-8-6-12(16)14-7-5-11-15-9-3-2-4-10-15/h13H,2-11H2,1H3,(H,14,16). The molecule has 1 saturated heterocycles. The van der Waals surface area contributed by atoms with Crippen LogP contribution < -0.4 is 10.6 Å². The van der Waals surface area contributed by atoms with Crippen molar-refractivity contribution >= 4 is 5.91 Å². The van der Waals surface area contributed by atoms with Crippen molar-refractivity contribution in [3.05, 3.63) is 0 Å². The van der Waals surface area contributed by atoms with E-state index >= 15 is 0 Å². The van der Waals surface area contributed by atoms with Crippen molar-refractivity contribution < 1.29 is 4.79 Å². The Morgan fingerprint density at radius 1 is 1.19 bits per heavy atom. The maximum atomic E-state index is 11.3. The Morgan fingerprint density at radius 3 is 2.62 bits per heavy atom. The van der Waals surface area contributed by atoms with Crippen molar-refractivity contribution in [1.82, 2.24) is 15.5 Å². The average molecular weight is 227 g/mol. The topological polar surface area (TPSA) is 44.4 Å². The highest BCUT2D eigenvalue weighted by Gasteiger charge is 2.09. The summed E-state index contributed by atoms with van der Waals surface area (Å²) in [6.07, 6.45) is 5.73. The van der Waals surface area contributed by atoms with Crippen LogP contribution in [-0.2, 0) is 4.79 Å². The SMILES string of the molecule is CNCCC(=O)NCCCN1CCCCC1. The molecular formula is C12H25N3O. The number of piperidine rings is 1. The van der Waals surface area contributed by atoms with Gasteiger partial charge in [-0.2, -0.15) is 0 Å². The predicted molar refractivity (Wildman–Crippen MR) is 66.5 cm³/mol. The van der Waals surface area contributed by atoms with Gasteiger partial charge >= 0.3 is 0 Å². The Balaban J connectivity index is 1.92. The molecule has 0 saturated carbocycles. The van der Waals surface area contributed by atoms with Crippen LogP contribution in [0.5, 0.6) is 0 Å². The second-order valence-corrected chi connectivity index (χ2v) is 4.46. The first-order valence-corrected chi connectivity index (χ1v) is 6.46. The fourth-order valence-electron chi connectivity index (χ4n) is 2.04. The molecule has 4 heteroatoms. The molecule has 1 heterocycles. The summed E-state index contributed by atoms with van der Waals surface area (Å²) in [4.78, 5) is 13.8. The van der Waals surface area contributed by atoms with Crippen molar-refractivity contribution in [3.8, 4) is 0 Å². The number of likely N-dealkylation sites (tertiary alicyclic amines) is 1. The van der Waals surface area contributed by atoms with Crippen LogP contribution in [0.1, 0.15) is 32.1 Å². The molecular weight excluding hydrogens is 202 g/mol. The number of carbonyl (C=O) groups excluding carboxylic acids is 1. The van der Waals surface area contributed by atoms with E-state index < -0.39 is 0 Å². The van der Waals surface area contributed by atoms with Gasteiger partial charge in [0.25, 0.3) is 0 Å². The van der Waals surface area contributed by atoms with Gasteiger partial charge in [0.2, 0.25) is 5.91 Å². The van der Waals surface area contributed by atoms with Crippen LogP contribution in [0.4, 0.5) is 0 Å². The number of nitrogens with zero attached hydrogens (tertiary/aromatic N) is 1. The summed E-state index contributed by atoms with van der Waals surface area (Å²) < 4.78 is 0. The summed E-state index contributed by atoms with van der Waals surface area (Å²) in [6, 6.07) is 0. The minimum Gasteiger partial charge on any atom is -0.356 e. The van der Waals surface area contributed by atoms with Gasteiger partial charge in [-0.15, -0.1) is 0 Å². The Kier molecular flexibility index (Phi) is 7.17. The lowest BCUT2D eigenvalue weighted by Gasteiger charge is -2.26. The highest BCUT2D eigenvalue weighted by Crippen LogP contribution is 2.08. The predicted octanol–water partition coefficient (Wildman–Crippen LogP) is 0.588. The van der Waals surface area contributed by atoms with E-state index in [1.807, 2.05) is 7.05 Å². The molecule has 94 valence electrons. The van der Waals surface area contributed by atoms with Crippen molar-refractivity contribution in [2.24, 2.45) is 0 Å². The van der Waals surface area contributed by atoms with Crippen molar-refractivity contribution in [1.29, 1.82) is 0 Å². The lowest BCUT2D eigenvalue weighted by molar-refractivity contribution is -0.121. The zero-order chi connectivity index (χ0) is 11.6. The molecule has 1 aliphatic rings. The van der Waals surface area contributed by atoms with Gasteiger partial charge in [-0.3, -0.25) is 4.79 Å². The van der Waals surface area contributed by atoms with E-state index in [4.69, 9.17) is 0 Å². The molecule has 0 atom stereocenters. The van der Waals surface area contributed by atoms with Gasteiger partial charge < -0.3 is 15.5 Å². The van der Waals surface area contributed by atoms with E-state index in [0.29, 0.717) is 6.42 Å². The highest BCUT2D eigenvalue weighted by atomic mass is 16.1. The average Bonchev–Trinajstić information content (AvgIpc) is 2.33. The number of hydrogen-bond donors (Lipinski definition) is 2. The molecule has 2 N–H and O–H groups in total. The molecule has 0 aliphatic carbocycles. The van der Waals surface area contributed by atoms with Gasteiger partial charge in [-0.25, -0.2) is 0 Å². The summed E-state index contributed by atoms with van der Waals surface area (Å²) in [7, 11) is 1.86. The smallest absolute Gasteiger partial charge is 0.221 e. The van der Waals surface area contributed by atoms with Crippen LogP contribution in [0.15, 0.2) is 0 Å². The van der Waals surface area contributed by atoms with E-state index in [1.165, 1.54) is 32.4 Å². The molecule has 0 aromatic carbocycles. The molecule has 0 spiro atoms. The van der Waals surface area contributed by atoms with E-state index in [2.05, 4.69) is 15.5 Å². The van der Waals surface area contributed by atoms with Crippen LogP contribution >= 0.6 is 0 Å². The normalized spacial score (nSPS) is 17.3. The van der Waals surface area contributed by atoms with E-state index in [0.717, 1.165) is 26.1 Å². The maximum absolute atomic E-state index is 11.3. The summed E-state index contributed by atoms with van der Waals surface area (Å²) >= 11 is 0. The number of nitrogens with one attached hydrogen (secondary N) is 2. The summed E-state index contributed by atoms with van der Waals surface area (Å²) in [6.45, 7) is 5.20. The monoisotopic (exact) mass is 227 g/mol. The number of carbonyl (C=O) groups is 1. The molecule has 0 bridgehead atoms. The fraction of sp³-hybridized carbons (Fsp3) is 0.917. The highest BCUT2D eigenvalue weighted by molar-refractivity contribution is 5.75. The van der Waals surface area contributed by atoms with Crippen LogP contribution in [0, 0.1) is 0 Å². The molecule has 1 rings (SSSR count). The minimum atomic E-state index is 0.160. The molecule has 0 aromatic rings. The number of amides is 1. The summed E-state index contributed by atoms with van der Waals surface area (Å²) in [5.74, 6) is 0.160. The summed E-state index contributed by atoms with van der Waals surface area (Å²) in [5.41, 5.74) is 0. The first-order chi connectivity index (χ1) is 7.83.